The van der Waals surface area contributed by atoms with Crippen molar-refractivity contribution in [2.24, 2.45) is 0 Å². The van der Waals surface area contributed by atoms with E-state index in [1.165, 1.54) is 19.4 Å². The number of imide groups is 1. The van der Waals surface area contributed by atoms with Gasteiger partial charge in [-0.2, -0.15) is 4.73 Å². The first-order valence-electron chi connectivity index (χ1n) is 12.3. The monoisotopic (exact) mass is 540 g/mol. The lowest BCUT2D eigenvalue weighted by atomic mass is 10.1. The predicted molar refractivity (Wildman–Crippen MR) is 141 cm³/mol. The van der Waals surface area contributed by atoms with E-state index in [4.69, 9.17) is 13.9 Å². The highest BCUT2D eigenvalue weighted by molar-refractivity contribution is 6.76. The van der Waals surface area contributed by atoms with Gasteiger partial charge in [-0.3, -0.25) is 9.59 Å². The van der Waals surface area contributed by atoms with E-state index in [2.05, 4.69) is 25.0 Å². The number of fused-ring (bicyclic) bond motifs is 2. The van der Waals surface area contributed by atoms with Gasteiger partial charge in [0.1, 0.15) is 24.3 Å². The van der Waals surface area contributed by atoms with Gasteiger partial charge in [-0.15, -0.1) is 0 Å². The second kappa shape index (κ2) is 11.2. The number of carbonyl (C=O) groups excluding carboxylic acids is 3. The van der Waals surface area contributed by atoms with E-state index in [0.29, 0.717) is 41.2 Å². The number of amides is 4. The van der Waals surface area contributed by atoms with E-state index >= 15 is 0 Å². The summed E-state index contributed by atoms with van der Waals surface area (Å²) in [6.45, 7) is 7.22. The van der Waals surface area contributed by atoms with Crippen molar-refractivity contribution in [1.82, 2.24) is 15.1 Å². The summed E-state index contributed by atoms with van der Waals surface area (Å²) in [6.07, 6.45) is 1.74. The van der Waals surface area contributed by atoms with Gasteiger partial charge in [0.15, 0.2) is 11.8 Å². The molecule has 3 heterocycles. The fraction of sp³-hybridized carbons (Fsp3) is 0.385. The smallest absolute Gasteiger partial charge is 0.326 e. The van der Waals surface area contributed by atoms with E-state index in [1.54, 1.807) is 29.2 Å². The molecule has 0 unspecified atom stereocenters. The van der Waals surface area contributed by atoms with Gasteiger partial charge in [0, 0.05) is 39.4 Å². The number of methoxy groups -OCH3 is 1. The van der Waals surface area contributed by atoms with Crippen molar-refractivity contribution in [3.8, 4) is 5.75 Å². The van der Waals surface area contributed by atoms with Gasteiger partial charge in [0.05, 0.1) is 13.2 Å². The van der Waals surface area contributed by atoms with Gasteiger partial charge in [0.25, 0.3) is 11.4 Å². The highest BCUT2D eigenvalue weighted by atomic mass is 28.3. The fourth-order valence-electron chi connectivity index (χ4n) is 4.12. The Bertz CT molecular complexity index is 1340. The number of nitrogens with zero attached hydrogens (tertiary/aromatic N) is 3. The van der Waals surface area contributed by atoms with Crippen LogP contribution >= 0.6 is 0 Å². The summed E-state index contributed by atoms with van der Waals surface area (Å²) in [5.74, 6) is 0.614. The molecule has 1 aliphatic rings. The molecule has 2 aromatic heterocycles. The molecule has 1 atom stereocenters. The molecule has 0 fully saturated rings. The van der Waals surface area contributed by atoms with Crippen LogP contribution in [0.1, 0.15) is 27.7 Å². The SMILES string of the molecule is COc1ccc2c(c1)C(=O)N(C[C@H](NC(=O)N(C=O)COCC[Si](C)(C)C)c1cc3c(ccc[n+]3[O-])o1)C2. The molecule has 0 saturated carbocycles. The second-order valence-electron chi connectivity index (χ2n) is 10.4. The van der Waals surface area contributed by atoms with E-state index in [0.717, 1.165) is 16.5 Å². The third kappa shape index (κ3) is 6.14. The molecule has 4 rings (SSSR count). The summed E-state index contributed by atoms with van der Waals surface area (Å²) in [4.78, 5) is 40.4. The number of carbonyl (C=O) groups is 3. The molecule has 38 heavy (non-hydrogen) atoms. The van der Waals surface area contributed by atoms with Gasteiger partial charge in [0.2, 0.25) is 6.41 Å². The molecule has 0 radical (unpaired) electrons. The average Bonchev–Trinajstić information content (AvgIpc) is 3.45. The first-order valence-corrected chi connectivity index (χ1v) is 16.0. The topological polar surface area (TPSA) is 128 Å². The summed E-state index contributed by atoms with van der Waals surface area (Å²) in [5, 5.41) is 15.0. The molecular formula is C26H32N4O7Si. The fourth-order valence-corrected chi connectivity index (χ4v) is 4.88. The van der Waals surface area contributed by atoms with Gasteiger partial charge < -0.3 is 29.3 Å². The first-order chi connectivity index (χ1) is 18.1. The molecule has 202 valence electrons. The van der Waals surface area contributed by atoms with Crippen molar-refractivity contribution in [3.05, 3.63) is 64.7 Å². The van der Waals surface area contributed by atoms with Crippen molar-refractivity contribution < 1.29 is 33.0 Å². The Morgan fingerprint density at radius 1 is 1.32 bits per heavy atom. The van der Waals surface area contributed by atoms with Crippen molar-refractivity contribution >= 4 is 37.5 Å². The lowest BCUT2D eigenvalue weighted by molar-refractivity contribution is -0.577. The minimum atomic E-state index is -1.34. The molecule has 1 N–H and O–H groups in total. The zero-order chi connectivity index (χ0) is 27.4. The van der Waals surface area contributed by atoms with Crippen molar-refractivity contribution in [1.29, 1.82) is 0 Å². The van der Waals surface area contributed by atoms with Crippen LogP contribution in [0.3, 0.4) is 0 Å². The van der Waals surface area contributed by atoms with Gasteiger partial charge >= 0.3 is 6.03 Å². The molecule has 0 saturated heterocycles. The Kier molecular flexibility index (Phi) is 8.02. The van der Waals surface area contributed by atoms with Crippen LogP contribution in [-0.2, 0) is 16.1 Å². The van der Waals surface area contributed by atoms with E-state index in [9.17, 15) is 19.6 Å². The molecule has 4 amide bonds. The number of rotatable bonds is 11. The van der Waals surface area contributed by atoms with Crippen LogP contribution in [0.5, 0.6) is 5.75 Å². The third-order valence-electron chi connectivity index (χ3n) is 6.32. The van der Waals surface area contributed by atoms with Crippen LogP contribution in [0.25, 0.3) is 11.1 Å². The number of hydrogen-bond donors (Lipinski definition) is 1. The number of urea groups is 1. The Morgan fingerprint density at radius 2 is 2.11 bits per heavy atom. The van der Waals surface area contributed by atoms with Crippen LogP contribution in [0.15, 0.2) is 47.0 Å². The Hall–Kier alpha value is -3.90. The molecule has 0 spiro atoms. The number of hydrogen-bond acceptors (Lipinski definition) is 7. The summed E-state index contributed by atoms with van der Waals surface area (Å²) in [6, 6.07) is 9.34. The Balaban J connectivity index is 1.54. The van der Waals surface area contributed by atoms with Crippen molar-refractivity contribution in [2.75, 3.05) is 27.0 Å². The summed E-state index contributed by atoms with van der Waals surface area (Å²) < 4.78 is 17.4. The van der Waals surface area contributed by atoms with Crippen molar-refractivity contribution in [2.45, 2.75) is 38.3 Å². The van der Waals surface area contributed by atoms with Crippen LogP contribution < -0.4 is 14.8 Å². The van der Waals surface area contributed by atoms with Gasteiger partial charge in [-0.25, -0.2) is 9.69 Å². The number of aromatic nitrogens is 1. The third-order valence-corrected chi connectivity index (χ3v) is 8.02. The number of benzene rings is 1. The Morgan fingerprint density at radius 3 is 2.79 bits per heavy atom. The molecule has 1 aromatic carbocycles. The molecule has 3 aromatic rings. The van der Waals surface area contributed by atoms with Crippen molar-refractivity contribution in [3.63, 3.8) is 0 Å². The molecule has 1 aliphatic heterocycles. The first kappa shape index (κ1) is 27.1. The van der Waals surface area contributed by atoms with Crippen LogP contribution in [-0.4, -0.2) is 63.2 Å². The Labute approximate surface area is 221 Å². The van der Waals surface area contributed by atoms with E-state index in [1.807, 2.05) is 6.07 Å². The molecule has 11 nitrogen and oxygen atoms in total. The van der Waals surface area contributed by atoms with Crippen LogP contribution in [0, 0.1) is 5.21 Å². The maximum atomic E-state index is 13.2. The quantitative estimate of drug-likeness (QED) is 0.0987. The maximum absolute atomic E-state index is 13.2. The maximum Gasteiger partial charge on any atom is 0.326 e. The highest BCUT2D eigenvalue weighted by Crippen LogP contribution is 2.30. The summed E-state index contributed by atoms with van der Waals surface area (Å²) in [5.41, 5.74) is 1.96. The number of nitrogens with one attached hydrogen (secondary N) is 1. The molecular weight excluding hydrogens is 508 g/mol. The van der Waals surface area contributed by atoms with Gasteiger partial charge in [-0.05, 0) is 29.8 Å². The number of ether oxygens (including phenoxy) is 2. The van der Waals surface area contributed by atoms with E-state index in [-0.39, 0.29) is 30.5 Å². The second-order valence-corrected chi connectivity index (χ2v) is 16.0. The standard InChI is InChI=1S/C26H32N4O7Si/c1-35-19-8-7-18-14-28(25(32)20(18)12-19)15-21(24-13-22-23(37-24)6-5-9-30(22)34)27-26(33)29(16-31)17-36-10-11-38(2,3)4/h5-9,12-13,16,21H,10-11,14-15,17H2,1-4H3,(H,27,33)/t21-/m0/s1. The minimum absolute atomic E-state index is 0.0451. The van der Waals surface area contributed by atoms with E-state index < -0.39 is 20.1 Å². The normalized spacial score (nSPS) is 13.9. The van der Waals surface area contributed by atoms with Crippen LogP contribution in [0.2, 0.25) is 25.7 Å². The van der Waals surface area contributed by atoms with Crippen LogP contribution in [0.4, 0.5) is 4.79 Å². The zero-order valence-electron chi connectivity index (χ0n) is 21.9. The number of furan rings is 1. The highest BCUT2D eigenvalue weighted by Gasteiger charge is 2.33. The number of pyridine rings is 1. The minimum Gasteiger partial charge on any atom is -0.618 e. The lowest BCUT2D eigenvalue weighted by Gasteiger charge is -2.25. The average molecular weight is 541 g/mol. The molecule has 0 bridgehead atoms. The molecule has 0 aliphatic carbocycles. The molecule has 12 heteroatoms. The largest absolute Gasteiger partial charge is 0.618 e. The predicted octanol–water partition coefficient (Wildman–Crippen LogP) is 3.25. The summed E-state index contributed by atoms with van der Waals surface area (Å²) in [7, 11) is 0.194. The summed E-state index contributed by atoms with van der Waals surface area (Å²) >= 11 is 0. The van der Waals surface area contributed by atoms with Gasteiger partial charge in [-0.1, -0.05) is 25.7 Å². The lowest BCUT2D eigenvalue weighted by Crippen LogP contribution is -2.45. The zero-order valence-corrected chi connectivity index (χ0v) is 22.9.